The van der Waals surface area contributed by atoms with Crippen LogP contribution in [0.5, 0.6) is 0 Å². The van der Waals surface area contributed by atoms with E-state index in [1.807, 2.05) is 36.4 Å². The third-order valence-electron chi connectivity index (χ3n) is 5.55. The smallest absolute Gasteiger partial charge is 0.338 e. The van der Waals surface area contributed by atoms with Crippen LogP contribution >= 0.6 is 0 Å². The molecule has 7 heteroatoms. The summed E-state index contributed by atoms with van der Waals surface area (Å²) >= 11 is 0. The molecule has 4 aromatic rings. The van der Waals surface area contributed by atoms with Gasteiger partial charge < -0.3 is 10.1 Å². The Hall–Kier alpha value is -4.78. The number of rotatable bonds is 5. The lowest BCUT2D eigenvalue weighted by atomic mass is 10.1. The first-order valence-electron chi connectivity index (χ1n) is 10.6. The first-order chi connectivity index (χ1) is 16.5. The molecular weight excluding hydrogens is 432 g/mol. The highest BCUT2D eigenvalue weighted by atomic mass is 16.5. The number of amides is 3. The van der Waals surface area contributed by atoms with Gasteiger partial charge in [-0.1, -0.05) is 48.5 Å². The van der Waals surface area contributed by atoms with Gasteiger partial charge in [-0.2, -0.15) is 0 Å². The molecule has 0 fully saturated rings. The fourth-order valence-electron chi connectivity index (χ4n) is 3.91. The predicted molar refractivity (Wildman–Crippen MR) is 127 cm³/mol. The summed E-state index contributed by atoms with van der Waals surface area (Å²) in [5, 5.41) is 4.62. The molecule has 0 bridgehead atoms. The Morgan fingerprint density at radius 2 is 1.35 bits per heavy atom. The van der Waals surface area contributed by atoms with Crippen molar-refractivity contribution < 1.29 is 23.9 Å². The molecule has 4 aromatic carbocycles. The van der Waals surface area contributed by atoms with Gasteiger partial charge in [0.2, 0.25) is 0 Å². The summed E-state index contributed by atoms with van der Waals surface area (Å²) < 4.78 is 5.13. The topological polar surface area (TPSA) is 92.8 Å². The number of nitrogens with zero attached hydrogens (tertiary/aromatic N) is 1. The largest absolute Gasteiger partial charge is 0.452 e. The van der Waals surface area contributed by atoms with Gasteiger partial charge in [-0.15, -0.1) is 0 Å². The second-order valence-corrected chi connectivity index (χ2v) is 7.69. The minimum atomic E-state index is -0.693. The Kier molecular flexibility index (Phi) is 5.35. The number of benzene rings is 4. The van der Waals surface area contributed by atoms with Gasteiger partial charge in [0.05, 0.1) is 22.4 Å². The van der Waals surface area contributed by atoms with E-state index in [1.54, 1.807) is 30.3 Å². The van der Waals surface area contributed by atoms with E-state index in [0.717, 1.165) is 15.7 Å². The number of hydrogen-bond donors (Lipinski definition) is 1. The van der Waals surface area contributed by atoms with Crippen LogP contribution in [-0.2, 0) is 9.53 Å². The van der Waals surface area contributed by atoms with Crippen molar-refractivity contribution in [3.63, 3.8) is 0 Å². The molecule has 0 saturated carbocycles. The number of fused-ring (bicyclic) bond motifs is 2. The zero-order valence-electron chi connectivity index (χ0n) is 17.9. The molecule has 0 aromatic heterocycles. The second-order valence-electron chi connectivity index (χ2n) is 7.69. The first kappa shape index (κ1) is 21.1. The molecule has 0 radical (unpaired) electrons. The molecule has 0 spiro atoms. The minimum absolute atomic E-state index is 0.193. The summed E-state index contributed by atoms with van der Waals surface area (Å²) in [6, 6.07) is 25.7. The normalized spacial score (nSPS) is 12.5. The van der Waals surface area contributed by atoms with Gasteiger partial charge in [-0.05, 0) is 47.9 Å². The van der Waals surface area contributed by atoms with Crippen LogP contribution in [0, 0.1) is 0 Å². The third kappa shape index (κ3) is 3.80. The Labute approximate surface area is 194 Å². The number of imide groups is 1. The first-order valence-corrected chi connectivity index (χ1v) is 10.6. The van der Waals surface area contributed by atoms with E-state index >= 15 is 0 Å². The SMILES string of the molecule is O=C(COC(=O)c1ccc(N2C(=O)c3ccccc3C2=O)cc1)Nc1cccc2ccccc12. The van der Waals surface area contributed by atoms with Crippen LogP contribution in [0.2, 0.25) is 0 Å². The molecule has 166 valence electrons. The summed E-state index contributed by atoms with van der Waals surface area (Å²) in [6.07, 6.45) is 0. The maximum atomic E-state index is 12.6. The molecule has 34 heavy (non-hydrogen) atoms. The highest BCUT2D eigenvalue weighted by molar-refractivity contribution is 6.34. The maximum Gasteiger partial charge on any atom is 0.338 e. The van der Waals surface area contributed by atoms with E-state index in [-0.39, 0.29) is 5.56 Å². The van der Waals surface area contributed by atoms with Crippen LogP contribution < -0.4 is 10.2 Å². The Balaban J connectivity index is 1.23. The van der Waals surface area contributed by atoms with Crippen molar-refractivity contribution in [2.75, 3.05) is 16.8 Å². The standard InChI is InChI=1S/C27H18N2O5/c30-24(28-23-11-5-7-17-6-1-2-8-20(17)23)16-34-27(33)18-12-14-19(15-13-18)29-25(31)21-9-3-4-10-22(21)26(29)32/h1-15H,16H2,(H,28,30). The fourth-order valence-corrected chi connectivity index (χ4v) is 3.91. The summed E-state index contributed by atoms with van der Waals surface area (Å²) in [4.78, 5) is 51.0. The Morgan fingerprint density at radius 3 is 2.06 bits per heavy atom. The molecule has 5 rings (SSSR count). The van der Waals surface area contributed by atoms with Crippen molar-refractivity contribution in [3.8, 4) is 0 Å². The Bertz CT molecular complexity index is 1420. The number of nitrogens with one attached hydrogen (secondary N) is 1. The van der Waals surface area contributed by atoms with Crippen LogP contribution in [-0.4, -0.2) is 30.3 Å². The van der Waals surface area contributed by atoms with Gasteiger partial charge in [0.15, 0.2) is 6.61 Å². The number of ether oxygens (including phenoxy) is 1. The molecule has 1 aliphatic rings. The summed E-state index contributed by atoms with van der Waals surface area (Å²) in [6.45, 7) is -0.456. The maximum absolute atomic E-state index is 12.6. The van der Waals surface area contributed by atoms with Crippen molar-refractivity contribution in [2.45, 2.75) is 0 Å². The monoisotopic (exact) mass is 450 g/mol. The summed E-state index contributed by atoms with van der Waals surface area (Å²) in [7, 11) is 0. The average molecular weight is 450 g/mol. The van der Waals surface area contributed by atoms with Gasteiger partial charge in [0.25, 0.3) is 17.7 Å². The molecule has 1 N–H and O–H groups in total. The van der Waals surface area contributed by atoms with E-state index < -0.39 is 30.3 Å². The van der Waals surface area contributed by atoms with Crippen LogP contribution in [0.3, 0.4) is 0 Å². The number of anilines is 2. The molecule has 0 atom stereocenters. The van der Waals surface area contributed by atoms with Crippen LogP contribution in [0.25, 0.3) is 10.8 Å². The number of carbonyl (C=O) groups excluding carboxylic acids is 4. The summed E-state index contributed by atoms with van der Waals surface area (Å²) in [5.41, 5.74) is 1.85. The minimum Gasteiger partial charge on any atom is -0.452 e. The molecule has 1 aliphatic heterocycles. The third-order valence-corrected chi connectivity index (χ3v) is 5.55. The number of esters is 1. The van der Waals surface area contributed by atoms with Gasteiger partial charge in [0.1, 0.15) is 0 Å². The van der Waals surface area contributed by atoms with Crippen molar-refractivity contribution in [2.24, 2.45) is 0 Å². The lowest BCUT2D eigenvalue weighted by molar-refractivity contribution is -0.119. The van der Waals surface area contributed by atoms with E-state index in [2.05, 4.69) is 5.32 Å². The zero-order chi connectivity index (χ0) is 23.7. The highest BCUT2D eigenvalue weighted by Crippen LogP contribution is 2.28. The molecule has 1 heterocycles. The molecule has 7 nitrogen and oxygen atoms in total. The fraction of sp³-hybridized carbons (Fsp3) is 0.0370. The molecule has 0 unspecified atom stereocenters. The molecule has 0 saturated heterocycles. The lowest BCUT2D eigenvalue weighted by Crippen LogP contribution is -2.29. The van der Waals surface area contributed by atoms with Crippen LogP contribution in [0.4, 0.5) is 11.4 Å². The van der Waals surface area contributed by atoms with Gasteiger partial charge in [-0.25, -0.2) is 9.69 Å². The highest BCUT2D eigenvalue weighted by Gasteiger charge is 2.36. The number of hydrogen-bond acceptors (Lipinski definition) is 5. The van der Waals surface area contributed by atoms with E-state index in [0.29, 0.717) is 22.5 Å². The van der Waals surface area contributed by atoms with Crippen molar-refractivity contribution in [1.82, 2.24) is 0 Å². The Morgan fingerprint density at radius 1 is 0.735 bits per heavy atom. The van der Waals surface area contributed by atoms with E-state index in [1.165, 1.54) is 24.3 Å². The number of carbonyl (C=O) groups is 4. The average Bonchev–Trinajstić information content (AvgIpc) is 3.13. The lowest BCUT2D eigenvalue weighted by Gasteiger charge is -2.14. The zero-order valence-corrected chi connectivity index (χ0v) is 17.9. The van der Waals surface area contributed by atoms with Gasteiger partial charge >= 0.3 is 5.97 Å². The van der Waals surface area contributed by atoms with Gasteiger partial charge in [0, 0.05) is 11.1 Å². The summed E-state index contributed by atoms with van der Waals surface area (Å²) in [5.74, 6) is -1.99. The second kappa shape index (κ2) is 8.63. The van der Waals surface area contributed by atoms with E-state index in [4.69, 9.17) is 4.74 Å². The van der Waals surface area contributed by atoms with Crippen molar-refractivity contribution >= 4 is 45.8 Å². The van der Waals surface area contributed by atoms with Crippen LogP contribution in [0.15, 0.2) is 91.0 Å². The van der Waals surface area contributed by atoms with Crippen LogP contribution in [0.1, 0.15) is 31.1 Å². The molecule has 0 aliphatic carbocycles. The quantitative estimate of drug-likeness (QED) is 0.359. The van der Waals surface area contributed by atoms with Gasteiger partial charge in [-0.3, -0.25) is 14.4 Å². The van der Waals surface area contributed by atoms with Crippen molar-refractivity contribution in [3.05, 3.63) is 108 Å². The predicted octanol–water partition coefficient (Wildman–Crippen LogP) is 4.44. The van der Waals surface area contributed by atoms with E-state index in [9.17, 15) is 19.2 Å². The molecular formula is C27H18N2O5. The van der Waals surface area contributed by atoms with Crippen molar-refractivity contribution in [1.29, 1.82) is 0 Å². The molecule has 3 amide bonds.